The number of halogens is 1. The standard InChI is InChI=1S/C12H12BrN5O/c1-7-9(8(2)19-17-7)6-14-12-15-11-10(13)4-3-5-18(11)16-12/h3-5H,6H2,1-2H3,(H,14,16). The van der Waals surface area contributed by atoms with Crippen molar-refractivity contribution in [3.8, 4) is 0 Å². The van der Waals surface area contributed by atoms with E-state index in [1.54, 1.807) is 4.52 Å². The van der Waals surface area contributed by atoms with E-state index in [2.05, 4.69) is 36.5 Å². The number of aromatic nitrogens is 4. The lowest BCUT2D eigenvalue weighted by Gasteiger charge is -1.99. The lowest BCUT2D eigenvalue weighted by Crippen LogP contribution is -2.02. The van der Waals surface area contributed by atoms with Gasteiger partial charge < -0.3 is 9.84 Å². The van der Waals surface area contributed by atoms with E-state index in [4.69, 9.17) is 4.52 Å². The van der Waals surface area contributed by atoms with Gasteiger partial charge in [-0.3, -0.25) is 0 Å². The van der Waals surface area contributed by atoms with Crippen molar-refractivity contribution in [1.82, 2.24) is 19.8 Å². The predicted molar refractivity (Wildman–Crippen MR) is 74.0 cm³/mol. The number of hydrogen-bond donors (Lipinski definition) is 1. The Balaban J connectivity index is 1.84. The average molecular weight is 322 g/mol. The zero-order valence-corrected chi connectivity index (χ0v) is 12.1. The Kier molecular flexibility index (Phi) is 2.98. The molecule has 98 valence electrons. The highest BCUT2D eigenvalue weighted by atomic mass is 79.9. The van der Waals surface area contributed by atoms with Gasteiger partial charge in [0, 0.05) is 18.3 Å². The zero-order chi connectivity index (χ0) is 13.4. The second-order valence-electron chi connectivity index (χ2n) is 4.22. The summed E-state index contributed by atoms with van der Waals surface area (Å²) in [5.41, 5.74) is 2.71. The monoisotopic (exact) mass is 321 g/mol. The number of nitrogens with one attached hydrogen (secondary N) is 1. The largest absolute Gasteiger partial charge is 0.361 e. The van der Waals surface area contributed by atoms with Crippen molar-refractivity contribution in [3.63, 3.8) is 0 Å². The fourth-order valence-corrected chi connectivity index (χ4v) is 2.29. The third-order valence-corrected chi connectivity index (χ3v) is 3.54. The normalized spacial score (nSPS) is 11.1. The van der Waals surface area contributed by atoms with E-state index in [-0.39, 0.29) is 0 Å². The summed E-state index contributed by atoms with van der Waals surface area (Å²) in [6.45, 7) is 4.40. The fourth-order valence-electron chi connectivity index (χ4n) is 1.87. The van der Waals surface area contributed by atoms with Crippen molar-refractivity contribution in [2.45, 2.75) is 20.4 Å². The second-order valence-corrected chi connectivity index (χ2v) is 5.07. The molecule has 1 N–H and O–H groups in total. The number of aryl methyl sites for hydroxylation is 2. The molecule has 0 amide bonds. The lowest BCUT2D eigenvalue weighted by molar-refractivity contribution is 0.392. The van der Waals surface area contributed by atoms with E-state index in [1.807, 2.05) is 32.2 Å². The van der Waals surface area contributed by atoms with Crippen molar-refractivity contribution in [3.05, 3.63) is 39.8 Å². The van der Waals surface area contributed by atoms with Gasteiger partial charge >= 0.3 is 0 Å². The van der Waals surface area contributed by atoms with Crippen molar-refractivity contribution >= 4 is 27.5 Å². The van der Waals surface area contributed by atoms with Gasteiger partial charge in [0.25, 0.3) is 0 Å². The van der Waals surface area contributed by atoms with Crippen LogP contribution in [0.5, 0.6) is 0 Å². The van der Waals surface area contributed by atoms with E-state index < -0.39 is 0 Å². The molecule has 0 unspecified atom stereocenters. The number of hydrogen-bond acceptors (Lipinski definition) is 5. The molecule has 0 aliphatic rings. The van der Waals surface area contributed by atoms with Crippen LogP contribution in [0.3, 0.4) is 0 Å². The van der Waals surface area contributed by atoms with Gasteiger partial charge in [0.05, 0.1) is 10.2 Å². The molecule has 0 saturated heterocycles. The first kappa shape index (κ1) is 12.2. The molecule has 7 heteroatoms. The van der Waals surface area contributed by atoms with E-state index >= 15 is 0 Å². The highest BCUT2D eigenvalue weighted by Crippen LogP contribution is 2.18. The van der Waals surface area contributed by atoms with E-state index in [1.165, 1.54) is 0 Å². The first-order chi connectivity index (χ1) is 9.15. The first-order valence-corrected chi connectivity index (χ1v) is 6.61. The number of fused-ring (bicyclic) bond motifs is 1. The molecule has 3 rings (SSSR count). The summed E-state index contributed by atoms with van der Waals surface area (Å²) in [5, 5.41) is 11.4. The summed E-state index contributed by atoms with van der Waals surface area (Å²) in [4.78, 5) is 4.41. The van der Waals surface area contributed by atoms with E-state index in [9.17, 15) is 0 Å². The highest BCUT2D eigenvalue weighted by Gasteiger charge is 2.10. The summed E-state index contributed by atoms with van der Waals surface area (Å²) < 4.78 is 7.75. The lowest BCUT2D eigenvalue weighted by atomic mass is 10.2. The molecule has 6 nitrogen and oxygen atoms in total. The van der Waals surface area contributed by atoms with Crippen LogP contribution in [0.4, 0.5) is 5.95 Å². The third-order valence-electron chi connectivity index (χ3n) is 2.92. The first-order valence-electron chi connectivity index (χ1n) is 5.81. The highest BCUT2D eigenvalue weighted by molar-refractivity contribution is 9.10. The Hall–Kier alpha value is -1.89. The summed E-state index contributed by atoms with van der Waals surface area (Å²) in [6, 6.07) is 3.84. The molecule has 0 radical (unpaired) electrons. The molecule has 0 spiro atoms. The van der Waals surface area contributed by atoms with Gasteiger partial charge in [-0.25, -0.2) is 4.52 Å². The number of rotatable bonds is 3. The molecular weight excluding hydrogens is 310 g/mol. The number of nitrogens with zero attached hydrogens (tertiary/aromatic N) is 4. The predicted octanol–water partition coefficient (Wildman–Crippen LogP) is 2.71. The maximum Gasteiger partial charge on any atom is 0.243 e. The Morgan fingerprint density at radius 1 is 1.42 bits per heavy atom. The molecule has 3 heterocycles. The van der Waals surface area contributed by atoms with Crippen molar-refractivity contribution < 1.29 is 4.52 Å². The molecule has 19 heavy (non-hydrogen) atoms. The molecule has 0 aliphatic carbocycles. The van der Waals surface area contributed by atoms with Gasteiger partial charge in [0.1, 0.15) is 5.76 Å². The fraction of sp³-hybridized carbons (Fsp3) is 0.250. The SMILES string of the molecule is Cc1noc(C)c1CNc1nc2c(Br)cccn2n1. The van der Waals surface area contributed by atoms with E-state index in [0.717, 1.165) is 27.1 Å². The van der Waals surface area contributed by atoms with E-state index in [0.29, 0.717) is 12.5 Å². The Morgan fingerprint density at radius 3 is 2.95 bits per heavy atom. The second kappa shape index (κ2) is 4.65. The molecule has 3 aromatic rings. The Labute approximate surface area is 117 Å². The maximum atomic E-state index is 5.12. The van der Waals surface area contributed by atoms with Crippen LogP contribution in [0.15, 0.2) is 27.3 Å². The smallest absolute Gasteiger partial charge is 0.243 e. The molecule has 0 aromatic carbocycles. The van der Waals surface area contributed by atoms with Crippen LogP contribution in [0, 0.1) is 13.8 Å². The summed E-state index contributed by atoms with van der Waals surface area (Å²) in [7, 11) is 0. The summed E-state index contributed by atoms with van der Waals surface area (Å²) in [5.74, 6) is 1.39. The average Bonchev–Trinajstić information content (AvgIpc) is 2.93. The molecule has 0 fully saturated rings. The topological polar surface area (TPSA) is 68.2 Å². The van der Waals surface area contributed by atoms with Gasteiger partial charge in [-0.05, 0) is 41.9 Å². The van der Waals surface area contributed by atoms with Crippen LogP contribution >= 0.6 is 15.9 Å². The molecule has 0 aliphatic heterocycles. The van der Waals surface area contributed by atoms with Gasteiger partial charge in [0.2, 0.25) is 5.95 Å². The maximum absolute atomic E-state index is 5.12. The summed E-state index contributed by atoms with van der Waals surface area (Å²) >= 11 is 3.45. The Morgan fingerprint density at radius 2 is 2.26 bits per heavy atom. The van der Waals surface area contributed by atoms with Gasteiger partial charge in [-0.1, -0.05) is 5.16 Å². The van der Waals surface area contributed by atoms with Crippen LogP contribution in [0.2, 0.25) is 0 Å². The van der Waals surface area contributed by atoms with Crippen LogP contribution in [0.25, 0.3) is 5.65 Å². The van der Waals surface area contributed by atoms with Crippen LogP contribution in [-0.4, -0.2) is 19.8 Å². The van der Waals surface area contributed by atoms with Crippen LogP contribution < -0.4 is 5.32 Å². The molecule has 0 bridgehead atoms. The van der Waals surface area contributed by atoms with Crippen molar-refractivity contribution in [2.75, 3.05) is 5.32 Å². The quantitative estimate of drug-likeness (QED) is 0.803. The molecule has 0 atom stereocenters. The van der Waals surface area contributed by atoms with Gasteiger partial charge in [-0.15, -0.1) is 5.10 Å². The van der Waals surface area contributed by atoms with Crippen molar-refractivity contribution in [1.29, 1.82) is 0 Å². The number of anilines is 1. The molecular formula is C12H12BrN5O. The minimum absolute atomic E-state index is 0.576. The minimum atomic E-state index is 0.576. The van der Waals surface area contributed by atoms with Gasteiger partial charge in [0.15, 0.2) is 5.65 Å². The molecule has 0 saturated carbocycles. The van der Waals surface area contributed by atoms with Crippen molar-refractivity contribution in [2.24, 2.45) is 0 Å². The zero-order valence-electron chi connectivity index (χ0n) is 10.5. The van der Waals surface area contributed by atoms with Crippen LogP contribution in [-0.2, 0) is 6.54 Å². The Bertz CT molecular complexity index is 713. The number of pyridine rings is 1. The van der Waals surface area contributed by atoms with Gasteiger partial charge in [-0.2, -0.15) is 4.98 Å². The van der Waals surface area contributed by atoms with Crippen LogP contribution in [0.1, 0.15) is 17.0 Å². The summed E-state index contributed by atoms with van der Waals surface area (Å²) in [6.07, 6.45) is 1.86. The third kappa shape index (κ3) is 2.21. The minimum Gasteiger partial charge on any atom is -0.361 e. The molecule has 3 aromatic heterocycles.